The van der Waals surface area contributed by atoms with Crippen molar-refractivity contribution in [2.24, 2.45) is 11.1 Å². The highest BCUT2D eigenvalue weighted by molar-refractivity contribution is 7.13. The summed E-state index contributed by atoms with van der Waals surface area (Å²) < 4.78 is 5.54. The number of carbonyl (C=O) groups is 9. The number of nitrogens with two attached hydrogens (primary N) is 1. The predicted octanol–water partition coefficient (Wildman–Crippen LogP) is 7.00. The van der Waals surface area contributed by atoms with Gasteiger partial charge in [0.25, 0.3) is 5.91 Å². The van der Waals surface area contributed by atoms with E-state index in [1.807, 2.05) is 113 Å². The summed E-state index contributed by atoms with van der Waals surface area (Å²) >= 11 is 1.56. The predicted molar refractivity (Wildman–Crippen MR) is 334 cm³/mol. The second kappa shape index (κ2) is 31.3. The number of primary amides is 1. The number of rotatable bonds is 26. The maximum atomic E-state index is 14.7. The van der Waals surface area contributed by atoms with Crippen molar-refractivity contribution in [3.05, 3.63) is 125 Å². The second-order valence-electron chi connectivity index (χ2n) is 25.2. The molecule has 4 heterocycles. The molecule has 22 heteroatoms. The molecule has 88 heavy (non-hydrogen) atoms. The summed E-state index contributed by atoms with van der Waals surface area (Å²) in [5.74, 6) is -3.77. The fraction of sp³-hybridized carbons (Fsp3) is 0.515. The van der Waals surface area contributed by atoms with Gasteiger partial charge in [0.05, 0.1) is 34.8 Å². The Balaban J connectivity index is 0.865. The number of ether oxygens (including phenoxy) is 1. The molecule has 0 radical (unpaired) electrons. The Bertz CT molecular complexity index is 3070. The first-order chi connectivity index (χ1) is 41.9. The Morgan fingerprint density at radius 3 is 1.98 bits per heavy atom. The van der Waals surface area contributed by atoms with E-state index in [-0.39, 0.29) is 88.8 Å². The molecule has 2 fully saturated rings. The zero-order valence-electron chi connectivity index (χ0n) is 51.8. The molecule has 21 nitrogen and oxygen atoms in total. The number of aryl methyl sites for hydroxylation is 1. The minimum atomic E-state index is -1.30. The van der Waals surface area contributed by atoms with Gasteiger partial charge in [0, 0.05) is 57.4 Å². The Labute approximate surface area is 520 Å². The van der Waals surface area contributed by atoms with Crippen molar-refractivity contribution in [2.75, 3.05) is 19.6 Å². The number of amides is 9. The maximum Gasteiger partial charge on any atom is 0.408 e. The number of benzene rings is 3. The van der Waals surface area contributed by atoms with Gasteiger partial charge in [-0.2, -0.15) is 0 Å². The number of nitrogens with zero attached hydrogens (tertiary/aromatic N) is 4. The highest BCUT2D eigenvalue weighted by Crippen LogP contribution is 2.32. The van der Waals surface area contributed by atoms with Crippen LogP contribution in [-0.4, -0.2) is 140 Å². The third-order valence-corrected chi connectivity index (χ3v) is 17.0. The van der Waals surface area contributed by atoms with Gasteiger partial charge in [-0.05, 0) is 81.0 Å². The zero-order chi connectivity index (χ0) is 63.7. The van der Waals surface area contributed by atoms with E-state index < -0.39 is 89.0 Å². The fourth-order valence-electron chi connectivity index (χ4n) is 11.3. The lowest BCUT2D eigenvalue weighted by molar-refractivity contribution is -0.144. The number of β-amino-alcohol motifs (C(OH)–C–C–N with tert-alkyl or cyclic N) is 1. The first-order valence-electron chi connectivity index (χ1n) is 30.7. The molecule has 0 spiro atoms. The second-order valence-corrected chi connectivity index (χ2v) is 26.0. The summed E-state index contributed by atoms with van der Waals surface area (Å²) in [6, 6.07) is 20.4. The van der Waals surface area contributed by atoms with Crippen molar-refractivity contribution in [1.29, 1.82) is 0 Å². The topological polar surface area (TPSA) is 292 Å². The number of likely N-dealkylation sites (tertiary alicyclic amines) is 1. The average molecular weight is 1230 g/mol. The van der Waals surface area contributed by atoms with Gasteiger partial charge in [-0.15, -0.1) is 11.3 Å². The molecule has 0 aliphatic carbocycles. The number of unbranched alkanes of at least 4 members (excludes halogenated alkanes) is 6. The molecule has 3 aromatic carbocycles. The molecule has 3 aliphatic heterocycles. The molecule has 2 saturated heterocycles. The Hall–Kier alpha value is -7.98. The quantitative estimate of drug-likeness (QED) is 0.0313. The molecule has 8 N–H and O–H groups in total. The van der Waals surface area contributed by atoms with E-state index in [2.05, 4.69) is 31.6 Å². The largest absolute Gasteiger partial charge is 0.444 e. The van der Waals surface area contributed by atoms with Crippen LogP contribution < -0.4 is 32.3 Å². The van der Waals surface area contributed by atoms with Crippen LogP contribution in [0, 0.1) is 12.3 Å². The summed E-state index contributed by atoms with van der Waals surface area (Å²) in [5.41, 5.74) is 10.7. The van der Waals surface area contributed by atoms with Crippen molar-refractivity contribution in [2.45, 2.75) is 193 Å². The van der Waals surface area contributed by atoms with Crippen LogP contribution in [-0.2, 0) is 49.6 Å². The number of carbonyl (C=O) groups excluding carboxylic acids is 9. The van der Waals surface area contributed by atoms with E-state index in [4.69, 9.17) is 10.5 Å². The van der Waals surface area contributed by atoms with E-state index in [1.165, 1.54) is 9.80 Å². The van der Waals surface area contributed by atoms with Crippen LogP contribution in [0.5, 0.6) is 0 Å². The Kier molecular flexibility index (Phi) is 24.0. The van der Waals surface area contributed by atoms with Gasteiger partial charge in [0.2, 0.25) is 41.4 Å². The summed E-state index contributed by atoms with van der Waals surface area (Å²) in [6.45, 7) is 12.8. The number of aliphatic hydroxyl groups excluding tert-OH is 1. The number of aliphatic hydroxyl groups is 1. The van der Waals surface area contributed by atoms with E-state index in [0.29, 0.717) is 18.5 Å². The van der Waals surface area contributed by atoms with Gasteiger partial charge < -0.3 is 56.9 Å². The molecule has 3 aliphatic rings. The SMILES string of the molecule is Cc1ncsc1-c1ccc(CNC(=O)[C@@H]2C[C@@H](O)CN2C(=O)[C@@H](NC(=O)CCCCCCCCCC(=O)N2CCC3=CC[C@@H](C(=O)N[C@@H](CCC(N)=O)C(=O)NC(c4ccccc4)c4ccccc4)N3C(=O)[C@@H](NC(=O)OC(C)(C)C)C2)C(C)(C)C)cc1. The summed E-state index contributed by atoms with van der Waals surface area (Å²) in [7, 11) is 0. The van der Waals surface area contributed by atoms with Gasteiger partial charge in [0.15, 0.2) is 0 Å². The molecule has 474 valence electrons. The lowest BCUT2D eigenvalue weighted by Gasteiger charge is -2.37. The maximum absolute atomic E-state index is 14.7. The smallest absolute Gasteiger partial charge is 0.408 e. The first-order valence-corrected chi connectivity index (χ1v) is 31.6. The van der Waals surface area contributed by atoms with Crippen LogP contribution in [0.1, 0.15) is 160 Å². The minimum absolute atomic E-state index is 0.0207. The Morgan fingerprint density at radius 2 is 1.39 bits per heavy atom. The molecule has 6 atom stereocenters. The highest BCUT2D eigenvalue weighted by atomic mass is 32.1. The number of fused-ring (bicyclic) bond motifs is 1. The number of nitrogens with one attached hydrogen (secondary N) is 5. The number of hydrogen-bond acceptors (Lipinski definition) is 13. The minimum Gasteiger partial charge on any atom is -0.444 e. The van der Waals surface area contributed by atoms with Crippen LogP contribution in [0.15, 0.2) is 102 Å². The van der Waals surface area contributed by atoms with Crippen molar-refractivity contribution in [1.82, 2.24) is 46.3 Å². The number of thiazole rings is 1. The van der Waals surface area contributed by atoms with Crippen molar-refractivity contribution < 1.29 is 53.0 Å². The summed E-state index contributed by atoms with van der Waals surface area (Å²) in [4.78, 5) is 133. The Morgan fingerprint density at radius 1 is 0.761 bits per heavy atom. The van der Waals surface area contributed by atoms with E-state index in [1.54, 1.807) is 48.6 Å². The van der Waals surface area contributed by atoms with E-state index >= 15 is 0 Å². The third-order valence-electron chi connectivity index (χ3n) is 16.0. The lowest BCUT2D eigenvalue weighted by atomic mass is 9.85. The standard InChI is InChI=1S/C66H88N10O11S/c1-42-57(88-41-69-42)46-29-27-43(28-30-46)38-68-60(82)52-37-48(77)39-75(52)63(85)58(65(2,3)4)72-54(79)25-19-11-9-8-10-12-20-26-55(80)74-36-35-47-31-33-51(76(47)62(84)50(40-74)71-64(86)87-66(5,6)7)61(83)70-49(32-34-53(67)78)59(81)73-56(44-21-15-13-16-22-44)45-23-17-14-18-24-45/h13-18,21-24,27-31,41,48-52,56,58,77H,8-12,19-20,25-26,32-40H2,1-7H3,(H2,67,78)(H,68,82)(H,70,83)(H,71,86)(H,72,79)(H,73,81)/t48-,49+,50+,51+,52+,58-/m1/s1. The molecule has 7 rings (SSSR count). The van der Waals surface area contributed by atoms with Gasteiger partial charge in [-0.25, -0.2) is 9.78 Å². The summed E-state index contributed by atoms with van der Waals surface area (Å²) in [5, 5.41) is 25.1. The number of alkyl carbamates (subject to hydrolysis) is 1. The van der Waals surface area contributed by atoms with Gasteiger partial charge in [0.1, 0.15) is 35.8 Å². The highest BCUT2D eigenvalue weighted by Gasteiger charge is 2.46. The molecule has 0 saturated carbocycles. The van der Waals surface area contributed by atoms with Crippen molar-refractivity contribution >= 4 is 64.7 Å². The van der Waals surface area contributed by atoms with Crippen LogP contribution in [0.3, 0.4) is 0 Å². The average Bonchev–Trinajstić information content (AvgIpc) is 2.46. The van der Waals surface area contributed by atoms with Crippen molar-refractivity contribution in [3.63, 3.8) is 0 Å². The van der Waals surface area contributed by atoms with Crippen LogP contribution >= 0.6 is 11.3 Å². The van der Waals surface area contributed by atoms with E-state index in [0.717, 1.165) is 64.9 Å². The molecule has 9 amide bonds. The normalized spacial score (nSPS) is 18.5. The van der Waals surface area contributed by atoms with Crippen LogP contribution in [0.4, 0.5) is 4.79 Å². The monoisotopic (exact) mass is 1230 g/mol. The molecule has 4 aromatic rings. The molecule has 0 bridgehead atoms. The molecular formula is C66H88N10O11S. The number of hydrogen-bond donors (Lipinski definition) is 7. The van der Waals surface area contributed by atoms with Crippen LogP contribution in [0.2, 0.25) is 0 Å². The molecule has 0 unspecified atom stereocenters. The van der Waals surface area contributed by atoms with Gasteiger partial charge >= 0.3 is 6.09 Å². The first kappa shape index (κ1) is 67.5. The molecular weight excluding hydrogens is 1140 g/mol. The third kappa shape index (κ3) is 19.3. The van der Waals surface area contributed by atoms with E-state index in [9.17, 15) is 48.3 Å². The van der Waals surface area contributed by atoms with Gasteiger partial charge in [-0.3, -0.25) is 38.4 Å². The molecule has 1 aromatic heterocycles. The van der Waals surface area contributed by atoms with Crippen molar-refractivity contribution in [3.8, 4) is 10.4 Å². The van der Waals surface area contributed by atoms with Crippen LogP contribution in [0.25, 0.3) is 10.4 Å². The number of aromatic nitrogens is 1. The fourth-order valence-corrected chi connectivity index (χ4v) is 12.1. The summed E-state index contributed by atoms with van der Waals surface area (Å²) in [6.07, 6.45) is 5.76. The van der Waals surface area contributed by atoms with Gasteiger partial charge in [-0.1, -0.05) is 144 Å². The lowest BCUT2D eigenvalue weighted by Crippen LogP contribution is -2.60. The zero-order valence-corrected chi connectivity index (χ0v) is 52.6.